The van der Waals surface area contributed by atoms with Gasteiger partial charge in [0.25, 0.3) is 0 Å². The van der Waals surface area contributed by atoms with Crippen LogP contribution in [0.15, 0.2) is 18.3 Å². The molecule has 1 aromatic heterocycles. The maximum atomic E-state index is 12.2. The number of aromatic nitrogens is 1. The molecule has 3 nitrogen and oxygen atoms in total. The molecule has 0 unspecified atom stereocenters. The minimum absolute atomic E-state index is 0.205. The summed E-state index contributed by atoms with van der Waals surface area (Å²) in [6, 6.07) is 3.16. The van der Waals surface area contributed by atoms with Crippen molar-refractivity contribution >= 4 is 5.82 Å². The summed E-state index contributed by atoms with van der Waals surface area (Å²) in [6.07, 6.45) is -3.77. The summed E-state index contributed by atoms with van der Waals surface area (Å²) in [5.41, 5.74) is 0.205. The zero-order valence-electron chi connectivity index (χ0n) is 9.30. The third kappa shape index (κ3) is 3.59. The molecule has 0 amide bonds. The van der Waals surface area contributed by atoms with E-state index in [1.54, 1.807) is 6.07 Å². The zero-order valence-corrected chi connectivity index (χ0v) is 9.30. The lowest BCUT2D eigenvalue weighted by atomic mass is 10.2. The summed E-state index contributed by atoms with van der Waals surface area (Å²) in [5.74, 6) is 0.748. The topological polar surface area (TPSA) is 28.2 Å². The van der Waals surface area contributed by atoms with Crippen molar-refractivity contribution in [3.63, 3.8) is 0 Å². The number of rotatable bonds is 2. The molecule has 17 heavy (non-hydrogen) atoms. The van der Waals surface area contributed by atoms with Crippen LogP contribution in [0, 0.1) is 0 Å². The number of pyridine rings is 1. The van der Waals surface area contributed by atoms with E-state index in [1.165, 1.54) is 12.3 Å². The minimum atomic E-state index is -4.17. The Kier molecular flexibility index (Phi) is 3.51. The van der Waals surface area contributed by atoms with E-state index in [0.717, 1.165) is 32.0 Å². The predicted octanol–water partition coefficient (Wildman–Crippen LogP) is 1.60. The Bertz CT molecular complexity index is 355. The molecule has 0 spiro atoms. The van der Waals surface area contributed by atoms with Gasteiger partial charge in [-0.15, -0.1) is 0 Å². The first-order chi connectivity index (χ1) is 8.04. The molecule has 0 aromatic carbocycles. The Morgan fingerprint density at radius 2 is 1.94 bits per heavy atom. The van der Waals surface area contributed by atoms with E-state index in [-0.39, 0.29) is 5.56 Å². The van der Waals surface area contributed by atoms with Gasteiger partial charge in [-0.2, -0.15) is 13.2 Å². The Morgan fingerprint density at radius 3 is 2.47 bits per heavy atom. The maximum Gasteiger partial charge on any atom is 0.393 e. The molecule has 1 aromatic rings. The Balaban J connectivity index is 2.02. The second kappa shape index (κ2) is 4.91. The third-order valence-electron chi connectivity index (χ3n) is 2.65. The highest BCUT2D eigenvalue weighted by Gasteiger charge is 2.27. The van der Waals surface area contributed by atoms with Crippen molar-refractivity contribution in [2.75, 3.05) is 31.1 Å². The Hall–Kier alpha value is -1.30. The lowest BCUT2D eigenvalue weighted by molar-refractivity contribution is -0.127. The molecule has 0 bridgehead atoms. The van der Waals surface area contributed by atoms with Crippen molar-refractivity contribution in [3.8, 4) is 0 Å². The second-order valence-corrected chi connectivity index (χ2v) is 4.05. The number of hydrogen-bond donors (Lipinski definition) is 1. The van der Waals surface area contributed by atoms with Crippen molar-refractivity contribution in [2.24, 2.45) is 0 Å². The largest absolute Gasteiger partial charge is 0.393 e. The molecule has 1 aliphatic heterocycles. The zero-order chi connectivity index (χ0) is 12.3. The van der Waals surface area contributed by atoms with Gasteiger partial charge in [0.1, 0.15) is 5.82 Å². The van der Waals surface area contributed by atoms with E-state index in [9.17, 15) is 13.2 Å². The molecule has 0 aliphatic carbocycles. The van der Waals surface area contributed by atoms with E-state index in [4.69, 9.17) is 0 Å². The van der Waals surface area contributed by atoms with E-state index in [2.05, 4.69) is 15.2 Å². The Labute approximate surface area is 97.6 Å². The van der Waals surface area contributed by atoms with Gasteiger partial charge >= 0.3 is 6.18 Å². The van der Waals surface area contributed by atoms with Crippen molar-refractivity contribution in [3.05, 3.63) is 23.9 Å². The molecular formula is C11H14F3N3. The first-order valence-electron chi connectivity index (χ1n) is 5.52. The van der Waals surface area contributed by atoms with Crippen LogP contribution in [0.4, 0.5) is 19.0 Å². The SMILES string of the molecule is FC(F)(F)Cc1ccc(N2CCNCC2)nc1. The van der Waals surface area contributed by atoms with Gasteiger partial charge in [0.2, 0.25) is 0 Å². The fraction of sp³-hybridized carbons (Fsp3) is 0.545. The van der Waals surface area contributed by atoms with Crippen LogP contribution < -0.4 is 10.2 Å². The lowest BCUT2D eigenvalue weighted by Gasteiger charge is -2.28. The predicted molar refractivity (Wildman–Crippen MR) is 59.1 cm³/mol. The van der Waals surface area contributed by atoms with Crippen LogP contribution in [0.25, 0.3) is 0 Å². The molecule has 2 rings (SSSR count). The molecule has 94 valence electrons. The van der Waals surface area contributed by atoms with Crippen LogP contribution in [0.5, 0.6) is 0 Å². The lowest BCUT2D eigenvalue weighted by Crippen LogP contribution is -2.43. The number of anilines is 1. The number of alkyl halides is 3. The first-order valence-corrected chi connectivity index (χ1v) is 5.52. The number of hydrogen-bond acceptors (Lipinski definition) is 3. The highest BCUT2D eigenvalue weighted by molar-refractivity contribution is 5.40. The first kappa shape index (κ1) is 12.2. The van der Waals surface area contributed by atoms with Gasteiger partial charge in [-0.05, 0) is 11.6 Å². The van der Waals surface area contributed by atoms with Gasteiger partial charge in [-0.3, -0.25) is 0 Å². The van der Waals surface area contributed by atoms with Gasteiger partial charge in [-0.25, -0.2) is 4.98 Å². The summed E-state index contributed by atoms with van der Waals surface area (Å²) in [6.45, 7) is 3.44. The van der Waals surface area contributed by atoms with E-state index >= 15 is 0 Å². The summed E-state index contributed by atoms with van der Waals surface area (Å²) < 4.78 is 36.5. The smallest absolute Gasteiger partial charge is 0.354 e. The van der Waals surface area contributed by atoms with Crippen LogP contribution in [-0.4, -0.2) is 37.3 Å². The highest BCUT2D eigenvalue weighted by atomic mass is 19.4. The van der Waals surface area contributed by atoms with Crippen molar-refractivity contribution in [1.29, 1.82) is 0 Å². The normalized spacial score (nSPS) is 17.2. The molecule has 1 N–H and O–H groups in total. The summed E-state index contributed by atoms with van der Waals surface area (Å²) in [4.78, 5) is 6.15. The van der Waals surface area contributed by atoms with Crippen molar-refractivity contribution in [1.82, 2.24) is 10.3 Å². The summed E-state index contributed by atoms with van der Waals surface area (Å²) >= 11 is 0. The molecule has 6 heteroatoms. The quantitative estimate of drug-likeness (QED) is 0.857. The summed E-state index contributed by atoms with van der Waals surface area (Å²) in [7, 11) is 0. The molecule has 1 saturated heterocycles. The van der Waals surface area contributed by atoms with Crippen molar-refractivity contribution < 1.29 is 13.2 Å². The summed E-state index contributed by atoms with van der Waals surface area (Å²) in [5, 5.41) is 3.21. The van der Waals surface area contributed by atoms with Crippen molar-refractivity contribution in [2.45, 2.75) is 12.6 Å². The van der Waals surface area contributed by atoms with Gasteiger partial charge < -0.3 is 10.2 Å². The molecule has 0 saturated carbocycles. The van der Waals surface area contributed by atoms with Crippen LogP contribution in [0.1, 0.15) is 5.56 Å². The van der Waals surface area contributed by atoms with Crippen LogP contribution >= 0.6 is 0 Å². The van der Waals surface area contributed by atoms with Crippen LogP contribution in [0.3, 0.4) is 0 Å². The van der Waals surface area contributed by atoms with E-state index < -0.39 is 12.6 Å². The van der Waals surface area contributed by atoms with Gasteiger partial charge in [0, 0.05) is 32.4 Å². The number of nitrogens with one attached hydrogen (secondary N) is 1. The third-order valence-corrected chi connectivity index (χ3v) is 2.65. The fourth-order valence-electron chi connectivity index (χ4n) is 1.83. The highest BCUT2D eigenvalue weighted by Crippen LogP contribution is 2.21. The van der Waals surface area contributed by atoms with Gasteiger partial charge in [0.15, 0.2) is 0 Å². The number of nitrogens with zero attached hydrogens (tertiary/aromatic N) is 2. The fourth-order valence-corrected chi connectivity index (χ4v) is 1.83. The maximum absolute atomic E-state index is 12.2. The molecular weight excluding hydrogens is 231 g/mol. The molecule has 1 fully saturated rings. The number of piperazine rings is 1. The monoisotopic (exact) mass is 245 g/mol. The van der Waals surface area contributed by atoms with Gasteiger partial charge in [-0.1, -0.05) is 6.07 Å². The molecule has 1 aliphatic rings. The van der Waals surface area contributed by atoms with Crippen LogP contribution in [0.2, 0.25) is 0 Å². The van der Waals surface area contributed by atoms with E-state index in [0.29, 0.717) is 0 Å². The molecule has 0 radical (unpaired) electrons. The average Bonchev–Trinajstić information content (AvgIpc) is 2.29. The Morgan fingerprint density at radius 1 is 1.24 bits per heavy atom. The van der Waals surface area contributed by atoms with Crippen LogP contribution in [-0.2, 0) is 6.42 Å². The minimum Gasteiger partial charge on any atom is -0.354 e. The van der Waals surface area contributed by atoms with Gasteiger partial charge in [0.05, 0.1) is 6.42 Å². The number of halogens is 3. The van der Waals surface area contributed by atoms with E-state index in [1.807, 2.05) is 0 Å². The molecule has 2 heterocycles. The molecule has 0 atom stereocenters. The second-order valence-electron chi connectivity index (χ2n) is 4.05. The standard InChI is InChI=1S/C11H14F3N3/c12-11(13,14)7-9-1-2-10(16-8-9)17-5-3-15-4-6-17/h1-2,8,15H,3-7H2. The average molecular weight is 245 g/mol.